The van der Waals surface area contributed by atoms with Crippen molar-refractivity contribution in [3.63, 3.8) is 0 Å². The molecule has 0 saturated heterocycles. The van der Waals surface area contributed by atoms with Crippen LogP contribution in [0.2, 0.25) is 5.28 Å². The van der Waals surface area contributed by atoms with E-state index in [2.05, 4.69) is 201 Å². The molecule has 0 bridgehead atoms. The summed E-state index contributed by atoms with van der Waals surface area (Å²) in [5, 5.41) is 6.36. The predicted octanol–water partition coefficient (Wildman–Crippen LogP) is 17.4. The van der Waals surface area contributed by atoms with Crippen LogP contribution in [-0.2, 0) is 52.0 Å². The zero-order valence-corrected chi connectivity index (χ0v) is 74.8. The molecule has 0 amide bonds. The van der Waals surface area contributed by atoms with Crippen LogP contribution < -0.4 is 20.0 Å². The van der Waals surface area contributed by atoms with Gasteiger partial charge < -0.3 is 38.3 Å². The fourth-order valence-corrected chi connectivity index (χ4v) is 18.7. The number of sulfone groups is 2. The first-order valence-electron chi connectivity index (χ1n) is 39.6. The Bertz CT molecular complexity index is 6000. The van der Waals surface area contributed by atoms with Gasteiger partial charge in [0.25, 0.3) is 0 Å². The molecule has 4 aliphatic rings. The van der Waals surface area contributed by atoms with Crippen molar-refractivity contribution in [1.82, 2.24) is 68.4 Å². The van der Waals surface area contributed by atoms with Crippen LogP contribution in [-0.4, -0.2) is 154 Å². The van der Waals surface area contributed by atoms with Gasteiger partial charge in [0, 0.05) is 149 Å². The molecular weight excluding hydrogens is 1630 g/mol. The number of imidazole rings is 1. The van der Waals surface area contributed by atoms with Gasteiger partial charge in [0.1, 0.15) is 5.82 Å². The first-order chi connectivity index (χ1) is 56.6. The van der Waals surface area contributed by atoms with Gasteiger partial charge in [-0.2, -0.15) is 13.2 Å². The standard InChI is InChI=1S/2C22H26N4O3S.C22H26N4OS.C14H19N3S.C7H4ClF3N2O/c2*1-13(2)21-20-10-16-6-7-17(30(5,28)29)11-19(16)25(20)8-9-26(21)22-23-12-18(15(4)27)14(3)24-22;1-13(2)21-20-10-16-6-7-17(28-5)11-19(16)25(20)8-9-26(21)22-23-12-18(15(4)27)14(3)24-22;1-9(2)13-14-16-11-5-4-10(18-3)8-12(11)17(14)7-6-15-13;1-3(14)4-2-12-6(8)13-5(4)7(9,10)11/h2*6-7,10-13,21H,8-9H2,1-5H3;6-7,10-13,21H,8-9H2,1-5H3;4-5,8-9,13,15H,6-7H2,1-3H3;2H,1H3/t2*21-;;;/m10.../s1. The van der Waals surface area contributed by atoms with Crippen molar-refractivity contribution in [3.8, 4) is 0 Å². The second-order valence-corrected chi connectivity index (χ2v) is 38.1. The van der Waals surface area contributed by atoms with E-state index in [1.54, 1.807) is 73.3 Å². The number of carbonyl (C=O) groups is 4. The monoisotopic (exact) mass is 1730 g/mol. The molecular formula is C87H101ClF3N17O8S4. The number of halogens is 4. The van der Waals surface area contributed by atoms with Crippen molar-refractivity contribution in [1.29, 1.82) is 0 Å². The van der Waals surface area contributed by atoms with E-state index in [-0.39, 0.29) is 47.3 Å². The number of hydrogen-bond donors (Lipinski definition) is 1. The van der Waals surface area contributed by atoms with Crippen LogP contribution >= 0.6 is 35.1 Å². The lowest BCUT2D eigenvalue weighted by Gasteiger charge is -2.39. The molecule has 33 heteroatoms. The van der Waals surface area contributed by atoms with Gasteiger partial charge in [0.05, 0.1) is 84.3 Å². The maximum Gasteiger partial charge on any atom is 0.434 e. The Hall–Kier alpha value is -9.99. The number of carbonyl (C=O) groups excluding carboxylic acids is 4. The SMILES string of the molecule is CC(=O)c1cnc(Cl)nc1C(F)(F)F.CC(=O)c1cnc(N2CCn3c(cc4ccc(S(C)(=O)=O)cc43)[C@@H]2C(C)C)nc1C.CC(=O)c1cnc(N2CCn3c(cc4ccc(S(C)(=O)=O)cc43)[C@H]2C(C)C)nc1C.CSc1ccc2cc3n(c2c1)CCN(c1ncc(C(C)=O)c(C)n1)C3C(C)C.CSc1ccc2nc3n(c2c1)CCNC3C(C)C. The summed E-state index contributed by atoms with van der Waals surface area (Å²) in [7, 11) is -6.54. The molecule has 12 aromatic rings. The van der Waals surface area contributed by atoms with Crippen molar-refractivity contribution in [2.75, 3.05) is 65.9 Å². The lowest BCUT2D eigenvalue weighted by Crippen LogP contribution is -2.41. The smallest absolute Gasteiger partial charge is 0.341 e. The number of ketones is 4. The molecule has 0 fully saturated rings. The Labute approximate surface area is 711 Å². The molecule has 1 N–H and O–H groups in total. The highest BCUT2D eigenvalue weighted by atomic mass is 35.5. The number of benzene rings is 4. The Kier molecular flexibility index (Phi) is 26.8. The molecule has 0 aliphatic carbocycles. The van der Waals surface area contributed by atoms with E-state index in [0.29, 0.717) is 99.8 Å². The van der Waals surface area contributed by atoms with E-state index in [1.807, 2.05) is 32.9 Å². The van der Waals surface area contributed by atoms with E-state index in [0.717, 1.165) is 83.7 Å². The van der Waals surface area contributed by atoms with E-state index in [1.165, 1.54) is 64.1 Å². The van der Waals surface area contributed by atoms with Gasteiger partial charge in [-0.3, -0.25) is 19.2 Å². The maximum absolute atomic E-state index is 12.3. The van der Waals surface area contributed by atoms with E-state index < -0.39 is 48.2 Å². The molecule has 12 heterocycles. The Morgan fingerprint density at radius 3 is 1.15 bits per heavy atom. The first kappa shape index (κ1) is 89.3. The van der Waals surface area contributed by atoms with Crippen LogP contribution in [0.4, 0.5) is 31.0 Å². The summed E-state index contributed by atoms with van der Waals surface area (Å²) >= 11 is 8.76. The number of alkyl halides is 3. The number of thioether (sulfide) groups is 2. The summed E-state index contributed by atoms with van der Waals surface area (Å²) < 4.78 is 94.2. The van der Waals surface area contributed by atoms with Gasteiger partial charge in [-0.1, -0.05) is 73.6 Å². The fraction of sp³-hybridized carbons (Fsp3) is 0.414. The van der Waals surface area contributed by atoms with Crippen LogP contribution in [0.5, 0.6) is 0 Å². The summed E-state index contributed by atoms with van der Waals surface area (Å²) in [6, 6.07) is 31.1. The Morgan fingerprint density at radius 1 is 0.450 bits per heavy atom. The van der Waals surface area contributed by atoms with Gasteiger partial charge in [-0.15, -0.1) is 23.5 Å². The largest absolute Gasteiger partial charge is 0.434 e. The number of aryl methyl sites for hydroxylation is 3. The highest BCUT2D eigenvalue weighted by Crippen LogP contribution is 2.43. The summed E-state index contributed by atoms with van der Waals surface area (Å²) in [5.41, 5.74) is 11.0. The summed E-state index contributed by atoms with van der Waals surface area (Å²) in [5.74, 6) is 3.83. The molecule has 16 rings (SSSR count). The number of nitrogens with one attached hydrogen (secondary N) is 1. The van der Waals surface area contributed by atoms with E-state index in [4.69, 9.17) is 16.6 Å². The molecule has 8 aromatic heterocycles. The Morgan fingerprint density at radius 2 is 0.808 bits per heavy atom. The average molecular weight is 1730 g/mol. The summed E-state index contributed by atoms with van der Waals surface area (Å²) in [4.78, 5) is 94.6. The number of aromatic nitrogens is 13. The second kappa shape index (κ2) is 36.0. The summed E-state index contributed by atoms with van der Waals surface area (Å²) in [6.07, 6.45) is 7.66. The molecule has 25 nitrogen and oxygen atoms in total. The Balaban J connectivity index is 0.000000141. The van der Waals surface area contributed by atoms with Gasteiger partial charge in [0.2, 0.25) is 23.1 Å². The van der Waals surface area contributed by atoms with Gasteiger partial charge in [-0.05, 0) is 169 Å². The number of fused-ring (bicyclic) bond motifs is 12. The third-order valence-electron chi connectivity index (χ3n) is 22.2. The van der Waals surface area contributed by atoms with E-state index in [9.17, 15) is 49.2 Å². The topological polar surface area (TPSA) is 294 Å². The minimum Gasteiger partial charge on any atom is -0.341 e. The molecule has 120 heavy (non-hydrogen) atoms. The molecule has 634 valence electrons. The van der Waals surface area contributed by atoms with Gasteiger partial charge >= 0.3 is 6.18 Å². The number of rotatable bonds is 15. The van der Waals surface area contributed by atoms with Crippen LogP contribution in [0, 0.1) is 44.4 Å². The van der Waals surface area contributed by atoms with Crippen molar-refractivity contribution in [2.24, 2.45) is 23.7 Å². The number of anilines is 3. The highest BCUT2D eigenvalue weighted by molar-refractivity contribution is 7.98. The molecule has 0 saturated carbocycles. The van der Waals surface area contributed by atoms with Crippen LogP contribution in [0.3, 0.4) is 0 Å². The van der Waals surface area contributed by atoms with Crippen molar-refractivity contribution in [3.05, 3.63) is 189 Å². The third kappa shape index (κ3) is 18.7. The quantitative estimate of drug-likeness (QED) is 0.0566. The number of nitrogens with zero attached hydrogens (tertiary/aromatic N) is 16. The fourth-order valence-electron chi connectivity index (χ4n) is 16.5. The van der Waals surface area contributed by atoms with Crippen LogP contribution in [0.15, 0.2) is 135 Å². The van der Waals surface area contributed by atoms with E-state index >= 15 is 0 Å². The zero-order valence-electron chi connectivity index (χ0n) is 70.8. The van der Waals surface area contributed by atoms with Crippen LogP contribution in [0.25, 0.3) is 43.7 Å². The summed E-state index contributed by atoms with van der Waals surface area (Å²) in [6.45, 7) is 35.4. The number of Topliss-reactive ketones (excluding diaryl/α,β-unsaturated/α-hetero) is 4. The highest BCUT2D eigenvalue weighted by Gasteiger charge is 2.40. The second-order valence-electron chi connectivity index (χ2n) is 32.0. The molecule has 4 aliphatic heterocycles. The predicted molar refractivity (Wildman–Crippen MR) is 468 cm³/mol. The van der Waals surface area contributed by atoms with Gasteiger partial charge in [0.15, 0.2) is 48.5 Å². The molecule has 2 unspecified atom stereocenters. The minimum absolute atomic E-state index is 0.00725. The average Bonchev–Trinajstić information content (AvgIpc) is 1.58. The lowest BCUT2D eigenvalue weighted by atomic mass is 9.97. The minimum atomic E-state index is -4.70. The van der Waals surface area contributed by atoms with Crippen LogP contribution in [0.1, 0.15) is 194 Å². The molecule has 4 aromatic carbocycles. The zero-order chi connectivity index (χ0) is 87.2. The number of hydrogen-bond acceptors (Lipinski definition) is 23. The van der Waals surface area contributed by atoms with Gasteiger partial charge in [-0.25, -0.2) is 61.7 Å². The third-order valence-corrected chi connectivity index (χ3v) is 26.0. The molecule has 0 spiro atoms. The first-order valence-corrected chi connectivity index (χ1v) is 46.2. The van der Waals surface area contributed by atoms with Crippen molar-refractivity contribution < 1.29 is 49.2 Å². The lowest BCUT2D eigenvalue weighted by molar-refractivity contribution is -0.141. The maximum atomic E-state index is 12.3. The van der Waals surface area contributed by atoms with Crippen molar-refractivity contribution >= 4 is 140 Å². The van der Waals surface area contributed by atoms with Crippen molar-refractivity contribution in [2.45, 2.75) is 180 Å². The molecule has 4 atom stereocenters. The molecule has 0 radical (unpaired) electrons. The normalized spacial score (nSPS) is 16.6.